The lowest BCUT2D eigenvalue weighted by atomic mass is 10.1. The van der Waals surface area contributed by atoms with Crippen LogP contribution in [0.5, 0.6) is 0 Å². The Hall–Kier alpha value is -0.740. The number of benzene rings is 2. The zero-order valence-corrected chi connectivity index (χ0v) is 13.3. The maximum atomic E-state index is 3.99. The third-order valence-corrected chi connectivity index (χ3v) is 4.36. The minimum Gasteiger partial charge on any atom is -0.121 e. The van der Waals surface area contributed by atoms with Crippen molar-refractivity contribution in [2.24, 2.45) is 0 Å². The Morgan fingerprint density at radius 1 is 1.17 bits per heavy atom. The number of thioether (sulfide) groups is 1. The molecule has 0 fully saturated rings. The Balaban J connectivity index is 2.06. The van der Waals surface area contributed by atoms with Gasteiger partial charge < -0.3 is 0 Å². The lowest BCUT2D eigenvalue weighted by molar-refractivity contribution is 1.36. The zero-order chi connectivity index (χ0) is 13.0. The van der Waals surface area contributed by atoms with E-state index in [1.165, 1.54) is 19.6 Å². The molecule has 18 heavy (non-hydrogen) atoms. The first-order valence-electron chi connectivity index (χ1n) is 5.78. The normalized spacial score (nSPS) is 10.3. The van der Waals surface area contributed by atoms with Crippen LogP contribution in [-0.4, -0.2) is 0 Å². The fourth-order valence-corrected chi connectivity index (χ4v) is 3.30. The molecule has 0 aliphatic rings. The van der Waals surface area contributed by atoms with Crippen LogP contribution in [0, 0.1) is 3.57 Å². The molecule has 0 aromatic heterocycles. The van der Waals surface area contributed by atoms with Gasteiger partial charge in [0, 0.05) is 14.2 Å². The molecule has 92 valence electrons. The van der Waals surface area contributed by atoms with E-state index < -0.39 is 0 Å². The highest BCUT2D eigenvalue weighted by Crippen LogP contribution is 2.25. The highest BCUT2D eigenvalue weighted by Gasteiger charge is 1.99. The number of allylic oxidation sites excluding steroid dienone is 1. The van der Waals surface area contributed by atoms with E-state index in [9.17, 15) is 0 Å². The average Bonchev–Trinajstić information content (AvgIpc) is 2.37. The van der Waals surface area contributed by atoms with Crippen molar-refractivity contribution in [2.45, 2.75) is 17.6 Å². The van der Waals surface area contributed by atoms with E-state index >= 15 is 0 Å². The summed E-state index contributed by atoms with van der Waals surface area (Å²) in [6.45, 7) is 6.04. The van der Waals surface area contributed by atoms with Crippen molar-refractivity contribution in [2.75, 3.05) is 0 Å². The minimum atomic E-state index is 1.00. The van der Waals surface area contributed by atoms with Crippen molar-refractivity contribution >= 4 is 39.9 Å². The summed E-state index contributed by atoms with van der Waals surface area (Å²) in [7, 11) is 0. The monoisotopic (exact) mass is 366 g/mol. The molecule has 0 unspecified atom stereocenters. The topological polar surface area (TPSA) is 0 Å². The molecule has 0 N–H and O–H groups in total. The largest absolute Gasteiger partial charge is 0.121 e. The number of hydrogen-bond donors (Lipinski definition) is 0. The summed E-state index contributed by atoms with van der Waals surface area (Å²) in [6.07, 6.45) is 0. The van der Waals surface area contributed by atoms with Gasteiger partial charge in [0.05, 0.1) is 0 Å². The van der Waals surface area contributed by atoms with Crippen LogP contribution in [-0.2, 0) is 5.75 Å². The van der Waals surface area contributed by atoms with Gasteiger partial charge in [-0.05, 0) is 58.8 Å². The standard InChI is InChI=1S/C16H15IS/c1-12(2)14-6-3-5-13(9-14)11-18-16-8-4-7-15(17)10-16/h3-10H,1,11H2,2H3. The van der Waals surface area contributed by atoms with Crippen LogP contribution in [0.15, 0.2) is 60.0 Å². The molecular formula is C16H15IS. The maximum Gasteiger partial charge on any atom is 0.0232 e. The van der Waals surface area contributed by atoms with Gasteiger partial charge in [0.2, 0.25) is 0 Å². The van der Waals surface area contributed by atoms with Crippen LogP contribution >= 0.6 is 34.4 Å². The van der Waals surface area contributed by atoms with E-state index in [0.717, 1.165) is 11.3 Å². The molecule has 2 rings (SSSR count). The summed E-state index contributed by atoms with van der Waals surface area (Å²) in [6, 6.07) is 17.2. The number of rotatable bonds is 4. The van der Waals surface area contributed by atoms with Crippen molar-refractivity contribution in [3.63, 3.8) is 0 Å². The molecule has 0 amide bonds. The van der Waals surface area contributed by atoms with E-state index in [1.807, 2.05) is 18.7 Å². The van der Waals surface area contributed by atoms with Gasteiger partial charge in [-0.2, -0.15) is 0 Å². The Labute approximate surface area is 127 Å². The smallest absolute Gasteiger partial charge is 0.0232 e. The second-order valence-corrected chi connectivity index (χ2v) is 6.52. The molecule has 0 nitrogen and oxygen atoms in total. The molecule has 0 radical (unpaired) electrons. The molecule has 0 aliphatic heterocycles. The van der Waals surface area contributed by atoms with Crippen molar-refractivity contribution < 1.29 is 0 Å². The molecule has 2 aromatic carbocycles. The maximum absolute atomic E-state index is 3.99. The van der Waals surface area contributed by atoms with Crippen molar-refractivity contribution in [1.82, 2.24) is 0 Å². The molecule has 0 heterocycles. The summed E-state index contributed by atoms with van der Waals surface area (Å²) in [4.78, 5) is 1.32. The van der Waals surface area contributed by atoms with Gasteiger partial charge in [-0.25, -0.2) is 0 Å². The molecule has 0 saturated carbocycles. The quantitative estimate of drug-likeness (QED) is 0.500. The minimum absolute atomic E-state index is 1.00. The predicted molar refractivity (Wildman–Crippen MR) is 89.9 cm³/mol. The third kappa shape index (κ3) is 3.89. The first-order chi connectivity index (χ1) is 8.65. The van der Waals surface area contributed by atoms with Gasteiger partial charge in [-0.1, -0.05) is 42.5 Å². The van der Waals surface area contributed by atoms with Crippen LogP contribution in [0.4, 0.5) is 0 Å². The molecule has 0 bridgehead atoms. The first kappa shape index (κ1) is 13.7. The second-order valence-electron chi connectivity index (χ2n) is 4.23. The van der Waals surface area contributed by atoms with Gasteiger partial charge >= 0.3 is 0 Å². The molecule has 2 heteroatoms. The van der Waals surface area contributed by atoms with Gasteiger partial charge in [0.1, 0.15) is 0 Å². The summed E-state index contributed by atoms with van der Waals surface area (Å²) in [5.41, 5.74) is 3.70. The number of halogens is 1. The highest BCUT2D eigenvalue weighted by atomic mass is 127. The lowest BCUT2D eigenvalue weighted by Gasteiger charge is -2.05. The SMILES string of the molecule is C=C(C)c1cccc(CSc2cccc(I)c2)c1. The summed E-state index contributed by atoms with van der Waals surface area (Å²) >= 11 is 4.22. The Morgan fingerprint density at radius 3 is 2.67 bits per heavy atom. The lowest BCUT2D eigenvalue weighted by Crippen LogP contribution is -1.84. The molecule has 0 aliphatic carbocycles. The van der Waals surface area contributed by atoms with Crippen LogP contribution in [0.2, 0.25) is 0 Å². The molecule has 0 spiro atoms. The van der Waals surface area contributed by atoms with Gasteiger partial charge in [0.25, 0.3) is 0 Å². The van der Waals surface area contributed by atoms with Crippen LogP contribution in [0.25, 0.3) is 5.57 Å². The van der Waals surface area contributed by atoms with E-state index in [2.05, 4.69) is 77.7 Å². The highest BCUT2D eigenvalue weighted by molar-refractivity contribution is 14.1. The second kappa shape index (κ2) is 6.43. The van der Waals surface area contributed by atoms with Crippen LogP contribution in [0.3, 0.4) is 0 Å². The summed E-state index contributed by atoms with van der Waals surface area (Å²) < 4.78 is 1.29. The Bertz CT molecular complexity index is 561. The molecular weight excluding hydrogens is 351 g/mol. The van der Waals surface area contributed by atoms with Crippen LogP contribution < -0.4 is 0 Å². The van der Waals surface area contributed by atoms with E-state index in [1.54, 1.807) is 0 Å². The zero-order valence-electron chi connectivity index (χ0n) is 10.3. The molecule has 2 aromatic rings. The van der Waals surface area contributed by atoms with Crippen molar-refractivity contribution in [1.29, 1.82) is 0 Å². The Kier molecular flexibility index (Phi) is 4.89. The van der Waals surface area contributed by atoms with E-state index in [0.29, 0.717) is 0 Å². The fraction of sp³-hybridized carbons (Fsp3) is 0.125. The van der Waals surface area contributed by atoms with Gasteiger partial charge in [0.15, 0.2) is 0 Å². The van der Waals surface area contributed by atoms with Crippen molar-refractivity contribution in [3.05, 3.63) is 69.8 Å². The van der Waals surface area contributed by atoms with Gasteiger partial charge in [-0.15, -0.1) is 11.8 Å². The third-order valence-electron chi connectivity index (χ3n) is 2.62. The Morgan fingerprint density at radius 2 is 1.94 bits per heavy atom. The molecule has 0 atom stereocenters. The number of hydrogen-bond acceptors (Lipinski definition) is 1. The van der Waals surface area contributed by atoms with E-state index in [-0.39, 0.29) is 0 Å². The first-order valence-corrected chi connectivity index (χ1v) is 7.85. The predicted octanol–water partition coefficient (Wildman–Crippen LogP) is 5.62. The summed E-state index contributed by atoms with van der Waals surface area (Å²) in [5.74, 6) is 1.00. The molecule has 0 saturated heterocycles. The summed E-state index contributed by atoms with van der Waals surface area (Å²) in [5, 5.41) is 0. The van der Waals surface area contributed by atoms with Crippen LogP contribution in [0.1, 0.15) is 18.1 Å². The van der Waals surface area contributed by atoms with Gasteiger partial charge in [-0.3, -0.25) is 0 Å². The van der Waals surface area contributed by atoms with Crippen molar-refractivity contribution in [3.8, 4) is 0 Å². The fourth-order valence-electron chi connectivity index (χ4n) is 1.65. The van der Waals surface area contributed by atoms with E-state index in [4.69, 9.17) is 0 Å². The average molecular weight is 366 g/mol.